The summed E-state index contributed by atoms with van der Waals surface area (Å²) in [6.07, 6.45) is 1.93. The molecule has 26 heavy (non-hydrogen) atoms. The van der Waals surface area contributed by atoms with Gasteiger partial charge < -0.3 is 15.5 Å². The first-order valence-corrected chi connectivity index (χ1v) is 8.86. The largest absolute Gasteiger partial charge is 0.341 e. The molecule has 1 aromatic carbocycles. The van der Waals surface area contributed by atoms with Crippen LogP contribution in [0, 0.1) is 0 Å². The number of nitrogens with zero attached hydrogens (tertiary/aromatic N) is 4. The van der Waals surface area contributed by atoms with Gasteiger partial charge in [0.25, 0.3) is 5.91 Å². The predicted octanol–water partition coefficient (Wildman–Crippen LogP) is 0.882. The topological polar surface area (TPSA) is 108 Å². The third-order valence-electron chi connectivity index (χ3n) is 4.77. The molecule has 1 aliphatic rings. The summed E-state index contributed by atoms with van der Waals surface area (Å²) in [6, 6.07) is 6.42. The van der Waals surface area contributed by atoms with Gasteiger partial charge in [-0.1, -0.05) is 12.1 Å². The second-order valence-corrected chi connectivity index (χ2v) is 6.39. The molecule has 0 radical (unpaired) electrons. The van der Waals surface area contributed by atoms with Gasteiger partial charge in [0.05, 0.1) is 0 Å². The number of benzene rings is 1. The Morgan fingerprint density at radius 3 is 2.54 bits per heavy atom. The molecule has 0 aliphatic carbocycles. The molecule has 3 N–H and O–H groups in total. The summed E-state index contributed by atoms with van der Waals surface area (Å²) >= 11 is 0. The van der Waals surface area contributed by atoms with E-state index in [9.17, 15) is 9.59 Å². The summed E-state index contributed by atoms with van der Waals surface area (Å²) in [6.45, 7) is 5.50. The van der Waals surface area contributed by atoms with Crippen LogP contribution in [0.1, 0.15) is 30.6 Å². The molecule has 1 fully saturated rings. The van der Waals surface area contributed by atoms with Crippen LogP contribution in [-0.4, -0.2) is 68.5 Å². The number of likely N-dealkylation sites (N-methyl/N-ethyl adjacent to an activating group) is 1. The average molecular weight is 356 g/mol. The van der Waals surface area contributed by atoms with E-state index < -0.39 is 6.04 Å². The van der Waals surface area contributed by atoms with Gasteiger partial charge in [-0.3, -0.25) is 14.7 Å². The van der Waals surface area contributed by atoms with Crippen LogP contribution >= 0.6 is 0 Å². The minimum Gasteiger partial charge on any atom is -0.341 e. The smallest absolute Gasteiger partial charge is 0.254 e. The molecule has 0 unspecified atom stereocenters. The molecule has 3 rings (SSSR count). The molecule has 2 heterocycles. The maximum absolute atomic E-state index is 13.0. The third kappa shape index (κ3) is 3.45. The Hall–Kier alpha value is -2.74. The van der Waals surface area contributed by atoms with Gasteiger partial charge in [-0.05, 0) is 32.4 Å². The number of aromatic amines is 1. The van der Waals surface area contributed by atoms with Gasteiger partial charge in [0, 0.05) is 36.8 Å². The minimum absolute atomic E-state index is 0.0328. The van der Waals surface area contributed by atoms with Crippen molar-refractivity contribution in [3.63, 3.8) is 0 Å². The fourth-order valence-electron chi connectivity index (χ4n) is 3.35. The van der Waals surface area contributed by atoms with Crippen molar-refractivity contribution < 1.29 is 9.59 Å². The van der Waals surface area contributed by atoms with Gasteiger partial charge in [-0.25, -0.2) is 4.98 Å². The van der Waals surface area contributed by atoms with E-state index in [-0.39, 0.29) is 17.9 Å². The Morgan fingerprint density at radius 1 is 1.27 bits per heavy atom. The van der Waals surface area contributed by atoms with Crippen molar-refractivity contribution in [2.75, 3.05) is 19.6 Å². The van der Waals surface area contributed by atoms with Crippen molar-refractivity contribution in [3.05, 3.63) is 36.2 Å². The quantitative estimate of drug-likeness (QED) is 0.827. The Morgan fingerprint density at radius 2 is 1.96 bits per heavy atom. The molecule has 1 aliphatic heterocycles. The van der Waals surface area contributed by atoms with Crippen LogP contribution in [0.3, 0.4) is 0 Å². The lowest BCUT2D eigenvalue weighted by atomic mass is 10.1. The minimum atomic E-state index is -0.494. The number of nitrogens with one attached hydrogen (secondary N) is 1. The Balaban J connectivity index is 1.79. The number of aromatic nitrogens is 3. The fourth-order valence-corrected chi connectivity index (χ4v) is 3.35. The lowest BCUT2D eigenvalue weighted by molar-refractivity contribution is -0.134. The van der Waals surface area contributed by atoms with Gasteiger partial charge in [0.15, 0.2) is 5.82 Å². The van der Waals surface area contributed by atoms with Gasteiger partial charge in [0.2, 0.25) is 5.91 Å². The van der Waals surface area contributed by atoms with Gasteiger partial charge in [-0.15, -0.1) is 0 Å². The number of hydrogen-bond acceptors (Lipinski definition) is 5. The molecule has 0 saturated carbocycles. The van der Waals surface area contributed by atoms with Gasteiger partial charge >= 0.3 is 0 Å². The number of carbonyl (C=O) groups excluding carboxylic acids is 2. The van der Waals surface area contributed by atoms with E-state index in [1.165, 1.54) is 6.33 Å². The molecule has 1 aromatic heterocycles. The second kappa shape index (κ2) is 7.65. The molecule has 2 aromatic rings. The fraction of sp³-hybridized carbons (Fsp3) is 0.444. The molecule has 8 nitrogen and oxygen atoms in total. The summed E-state index contributed by atoms with van der Waals surface area (Å²) < 4.78 is 0. The highest BCUT2D eigenvalue weighted by Crippen LogP contribution is 2.23. The zero-order valence-corrected chi connectivity index (χ0v) is 15.1. The second-order valence-electron chi connectivity index (χ2n) is 6.39. The van der Waals surface area contributed by atoms with Crippen molar-refractivity contribution in [1.82, 2.24) is 25.0 Å². The van der Waals surface area contributed by atoms with Crippen LogP contribution in [0.15, 0.2) is 30.6 Å². The zero-order valence-electron chi connectivity index (χ0n) is 15.1. The van der Waals surface area contributed by atoms with E-state index in [1.54, 1.807) is 21.9 Å². The summed E-state index contributed by atoms with van der Waals surface area (Å²) in [4.78, 5) is 33.2. The van der Waals surface area contributed by atoms with E-state index in [2.05, 4.69) is 15.2 Å². The first-order valence-electron chi connectivity index (χ1n) is 8.86. The van der Waals surface area contributed by atoms with E-state index in [4.69, 9.17) is 5.73 Å². The highest BCUT2D eigenvalue weighted by molar-refractivity contribution is 5.98. The third-order valence-corrected chi connectivity index (χ3v) is 4.77. The number of nitrogens with two attached hydrogens (primary N) is 1. The number of rotatable bonds is 5. The lowest BCUT2D eigenvalue weighted by Crippen LogP contribution is -2.47. The SMILES string of the molecule is CCN(CC)C(=O)[C@@H]1C[C@H](N)CN1C(=O)c1ccc(-c2ncn[nH]2)cc1. The van der Waals surface area contributed by atoms with E-state index in [1.807, 2.05) is 26.0 Å². The maximum Gasteiger partial charge on any atom is 0.254 e. The zero-order chi connectivity index (χ0) is 18.7. The number of likely N-dealkylation sites (tertiary alicyclic amines) is 1. The highest BCUT2D eigenvalue weighted by atomic mass is 16.2. The van der Waals surface area contributed by atoms with Crippen molar-refractivity contribution in [3.8, 4) is 11.4 Å². The van der Waals surface area contributed by atoms with Crippen LogP contribution < -0.4 is 5.73 Å². The van der Waals surface area contributed by atoms with Crippen LogP contribution in [0.4, 0.5) is 0 Å². The molecular weight excluding hydrogens is 332 g/mol. The predicted molar refractivity (Wildman–Crippen MR) is 97.2 cm³/mol. The summed E-state index contributed by atoms with van der Waals surface area (Å²) in [5.41, 5.74) is 7.42. The number of amides is 2. The van der Waals surface area contributed by atoms with Crippen LogP contribution in [-0.2, 0) is 4.79 Å². The Bertz CT molecular complexity index is 754. The van der Waals surface area contributed by atoms with Crippen LogP contribution in [0.25, 0.3) is 11.4 Å². The van der Waals surface area contributed by atoms with Crippen molar-refractivity contribution in [1.29, 1.82) is 0 Å². The van der Waals surface area contributed by atoms with Crippen LogP contribution in [0.2, 0.25) is 0 Å². The summed E-state index contributed by atoms with van der Waals surface area (Å²) in [5, 5.41) is 6.61. The number of carbonyl (C=O) groups is 2. The van der Waals surface area contributed by atoms with Crippen molar-refractivity contribution >= 4 is 11.8 Å². The molecule has 1 saturated heterocycles. The Kier molecular flexibility index (Phi) is 5.32. The Labute approximate surface area is 152 Å². The van der Waals surface area contributed by atoms with Crippen LogP contribution in [0.5, 0.6) is 0 Å². The summed E-state index contributed by atoms with van der Waals surface area (Å²) in [5.74, 6) is 0.434. The molecule has 0 bridgehead atoms. The first-order chi connectivity index (χ1) is 12.5. The highest BCUT2D eigenvalue weighted by Gasteiger charge is 2.39. The van der Waals surface area contributed by atoms with Gasteiger partial charge in [0.1, 0.15) is 12.4 Å². The molecule has 2 atom stereocenters. The maximum atomic E-state index is 13.0. The van der Waals surface area contributed by atoms with Crippen molar-refractivity contribution in [2.24, 2.45) is 5.73 Å². The van der Waals surface area contributed by atoms with E-state index >= 15 is 0 Å². The number of hydrogen-bond donors (Lipinski definition) is 2. The normalized spacial score (nSPS) is 19.6. The van der Waals surface area contributed by atoms with E-state index in [0.717, 1.165) is 5.56 Å². The first kappa shape index (κ1) is 18.1. The van der Waals surface area contributed by atoms with Gasteiger partial charge in [-0.2, -0.15) is 5.10 Å². The summed E-state index contributed by atoms with van der Waals surface area (Å²) in [7, 11) is 0. The molecule has 2 amide bonds. The molecule has 138 valence electrons. The monoisotopic (exact) mass is 356 g/mol. The molecule has 0 spiro atoms. The van der Waals surface area contributed by atoms with E-state index in [0.29, 0.717) is 37.4 Å². The molecule has 8 heteroatoms. The molecular formula is C18H24N6O2. The lowest BCUT2D eigenvalue weighted by Gasteiger charge is -2.29. The standard InChI is InChI=1S/C18H24N6O2/c1-3-23(4-2)18(26)15-9-14(19)10-24(15)17(25)13-7-5-12(6-8-13)16-20-11-21-22-16/h5-8,11,14-15H,3-4,9-10,19H2,1-2H3,(H,20,21,22)/t14-,15-/m0/s1. The van der Waals surface area contributed by atoms with Crippen molar-refractivity contribution in [2.45, 2.75) is 32.4 Å². The number of H-pyrrole nitrogens is 1. The average Bonchev–Trinajstić information content (AvgIpc) is 3.32.